The van der Waals surface area contributed by atoms with Crippen LogP contribution in [0.4, 0.5) is 14.5 Å². The third kappa shape index (κ3) is 3.23. The number of benzene rings is 1. The molecule has 0 radical (unpaired) electrons. The molecule has 29 heavy (non-hydrogen) atoms. The SMILES string of the molecule is COc1c(N2CCC(N)(CF)CC2)c(F)cc2c(=O)c(C(=O)O)cn(C3CC3)c12. The zero-order chi connectivity index (χ0) is 20.9. The summed E-state index contributed by atoms with van der Waals surface area (Å²) in [5, 5.41) is 9.37. The van der Waals surface area contributed by atoms with Gasteiger partial charge in [0, 0.05) is 30.9 Å². The molecule has 1 saturated heterocycles. The second-order valence-electron chi connectivity index (χ2n) is 7.93. The van der Waals surface area contributed by atoms with Gasteiger partial charge < -0.3 is 25.0 Å². The molecule has 156 valence electrons. The number of fused-ring (bicyclic) bond motifs is 1. The third-order valence-electron chi connectivity index (χ3n) is 5.91. The van der Waals surface area contributed by atoms with Gasteiger partial charge in [0.1, 0.15) is 17.9 Å². The lowest BCUT2D eigenvalue weighted by Gasteiger charge is -2.39. The topological polar surface area (TPSA) is 97.8 Å². The lowest BCUT2D eigenvalue weighted by molar-refractivity contribution is 0.0695. The number of piperidine rings is 1. The summed E-state index contributed by atoms with van der Waals surface area (Å²) >= 11 is 0. The highest BCUT2D eigenvalue weighted by Crippen LogP contribution is 2.44. The lowest BCUT2D eigenvalue weighted by Crippen LogP contribution is -2.52. The molecule has 2 aromatic rings. The van der Waals surface area contributed by atoms with Gasteiger partial charge >= 0.3 is 5.97 Å². The van der Waals surface area contributed by atoms with E-state index in [-0.39, 0.29) is 22.9 Å². The van der Waals surface area contributed by atoms with Gasteiger partial charge in [-0.15, -0.1) is 0 Å². The van der Waals surface area contributed by atoms with Crippen molar-refractivity contribution >= 4 is 22.6 Å². The molecule has 1 aliphatic carbocycles. The number of carboxylic acids is 1. The number of rotatable bonds is 5. The molecule has 0 spiro atoms. The highest BCUT2D eigenvalue weighted by atomic mass is 19.1. The molecule has 0 bridgehead atoms. The molecular formula is C20H23F2N3O4. The second-order valence-corrected chi connectivity index (χ2v) is 7.93. The number of pyridine rings is 1. The zero-order valence-electron chi connectivity index (χ0n) is 16.1. The Morgan fingerprint density at radius 3 is 2.55 bits per heavy atom. The van der Waals surface area contributed by atoms with Crippen molar-refractivity contribution in [1.82, 2.24) is 4.57 Å². The number of ether oxygens (including phenoxy) is 1. The van der Waals surface area contributed by atoms with E-state index in [4.69, 9.17) is 10.5 Å². The molecule has 4 rings (SSSR count). The Morgan fingerprint density at radius 2 is 2.03 bits per heavy atom. The smallest absolute Gasteiger partial charge is 0.341 e. The van der Waals surface area contributed by atoms with Crippen LogP contribution in [0.1, 0.15) is 42.1 Å². The summed E-state index contributed by atoms with van der Waals surface area (Å²) in [5.41, 5.74) is 4.53. The molecule has 0 atom stereocenters. The normalized spacial score (nSPS) is 18.8. The number of nitrogens with two attached hydrogens (primary N) is 1. The minimum Gasteiger partial charge on any atom is -0.492 e. The lowest BCUT2D eigenvalue weighted by atomic mass is 9.89. The zero-order valence-corrected chi connectivity index (χ0v) is 16.1. The fourth-order valence-corrected chi connectivity index (χ4v) is 4.03. The van der Waals surface area contributed by atoms with E-state index in [1.807, 2.05) is 0 Å². The van der Waals surface area contributed by atoms with Crippen molar-refractivity contribution in [2.75, 3.05) is 31.8 Å². The van der Waals surface area contributed by atoms with Crippen LogP contribution in [-0.4, -0.2) is 48.1 Å². The maximum atomic E-state index is 15.2. The first kappa shape index (κ1) is 19.6. The van der Waals surface area contributed by atoms with Crippen LogP contribution in [0.15, 0.2) is 17.1 Å². The summed E-state index contributed by atoms with van der Waals surface area (Å²) < 4.78 is 35.6. The predicted molar refractivity (Wildman–Crippen MR) is 104 cm³/mol. The predicted octanol–water partition coefficient (Wildman–Crippen LogP) is 2.45. The van der Waals surface area contributed by atoms with E-state index >= 15 is 4.39 Å². The Labute approximate surface area is 165 Å². The number of halogens is 2. The summed E-state index contributed by atoms with van der Waals surface area (Å²) in [5.74, 6) is -1.84. The molecule has 2 heterocycles. The van der Waals surface area contributed by atoms with Gasteiger partial charge in [-0.1, -0.05) is 0 Å². The van der Waals surface area contributed by atoms with Gasteiger partial charge in [0.05, 0.1) is 18.0 Å². The minimum absolute atomic E-state index is 0.0242. The van der Waals surface area contributed by atoms with E-state index in [1.165, 1.54) is 13.3 Å². The Bertz CT molecular complexity index is 1040. The molecule has 1 aromatic heterocycles. The molecule has 2 aliphatic rings. The first-order chi connectivity index (χ1) is 13.8. The Balaban J connectivity index is 1.93. The number of anilines is 1. The molecular weight excluding hydrogens is 384 g/mol. The van der Waals surface area contributed by atoms with E-state index in [0.717, 1.165) is 18.9 Å². The monoisotopic (exact) mass is 407 g/mol. The Morgan fingerprint density at radius 1 is 1.38 bits per heavy atom. The number of aromatic carboxylic acids is 1. The number of carboxylic acid groups (broad SMARTS) is 1. The largest absolute Gasteiger partial charge is 0.492 e. The molecule has 1 aromatic carbocycles. The first-order valence-corrected chi connectivity index (χ1v) is 9.58. The number of nitrogens with zero attached hydrogens (tertiary/aromatic N) is 2. The highest BCUT2D eigenvalue weighted by molar-refractivity contribution is 5.97. The van der Waals surface area contributed by atoms with Crippen LogP contribution >= 0.6 is 0 Å². The van der Waals surface area contributed by atoms with E-state index < -0.39 is 35.0 Å². The summed E-state index contributed by atoms with van der Waals surface area (Å²) in [6.45, 7) is 0.0531. The number of hydrogen-bond acceptors (Lipinski definition) is 5. The molecule has 9 heteroatoms. The van der Waals surface area contributed by atoms with Crippen LogP contribution in [0.3, 0.4) is 0 Å². The van der Waals surface area contributed by atoms with Gasteiger partial charge in [-0.2, -0.15) is 0 Å². The molecule has 3 N–H and O–H groups in total. The molecule has 0 amide bonds. The fourth-order valence-electron chi connectivity index (χ4n) is 4.03. The van der Waals surface area contributed by atoms with Crippen molar-refractivity contribution in [3.05, 3.63) is 33.9 Å². The van der Waals surface area contributed by atoms with Gasteiger partial charge in [0.25, 0.3) is 0 Å². The van der Waals surface area contributed by atoms with Crippen molar-refractivity contribution in [3.8, 4) is 5.75 Å². The van der Waals surface area contributed by atoms with Gasteiger partial charge in [0.15, 0.2) is 11.6 Å². The van der Waals surface area contributed by atoms with Crippen molar-refractivity contribution < 1.29 is 23.4 Å². The van der Waals surface area contributed by atoms with Crippen LogP contribution in [0.5, 0.6) is 5.75 Å². The fraction of sp³-hybridized carbons (Fsp3) is 0.500. The second kappa shape index (κ2) is 6.98. The van der Waals surface area contributed by atoms with E-state index in [1.54, 1.807) is 9.47 Å². The summed E-state index contributed by atoms with van der Waals surface area (Å²) in [6, 6.07) is 1.12. The van der Waals surface area contributed by atoms with Crippen molar-refractivity contribution in [2.45, 2.75) is 37.3 Å². The van der Waals surface area contributed by atoms with Gasteiger partial charge in [-0.3, -0.25) is 4.79 Å². The number of carbonyl (C=O) groups is 1. The summed E-state index contributed by atoms with van der Waals surface area (Å²) in [6.07, 6.45) is 3.71. The molecule has 2 fully saturated rings. The molecule has 1 saturated carbocycles. The molecule has 1 aliphatic heterocycles. The number of aromatic nitrogens is 1. The van der Waals surface area contributed by atoms with E-state index in [9.17, 15) is 19.1 Å². The first-order valence-electron chi connectivity index (χ1n) is 9.58. The number of hydrogen-bond donors (Lipinski definition) is 2. The quantitative estimate of drug-likeness (QED) is 0.790. The van der Waals surface area contributed by atoms with Crippen molar-refractivity contribution in [1.29, 1.82) is 0 Å². The summed E-state index contributed by atoms with van der Waals surface area (Å²) in [4.78, 5) is 26.0. The van der Waals surface area contributed by atoms with Gasteiger partial charge in [0.2, 0.25) is 5.43 Å². The van der Waals surface area contributed by atoms with Crippen LogP contribution in [0.2, 0.25) is 0 Å². The molecule has 0 unspecified atom stereocenters. The van der Waals surface area contributed by atoms with Crippen molar-refractivity contribution in [3.63, 3.8) is 0 Å². The average Bonchev–Trinajstić information content (AvgIpc) is 3.53. The minimum atomic E-state index is -1.35. The molecule has 7 nitrogen and oxygen atoms in total. The Kier molecular flexibility index (Phi) is 4.72. The van der Waals surface area contributed by atoms with Crippen LogP contribution < -0.4 is 20.8 Å². The Hall–Kier alpha value is -2.68. The maximum absolute atomic E-state index is 15.2. The van der Waals surface area contributed by atoms with Crippen LogP contribution in [0.25, 0.3) is 10.9 Å². The van der Waals surface area contributed by atoms with Gasteiger partial charge in [-0.25, -0.2) is 13.6 Å². The maximum Gasteiger partial charge on any atom is 0.341 e. The van der Waals surface area contributed by atoms with Crippen LogP contribution in [-0.2, 0) is 0 Å². The van der Waals surface area contributed by atoms with Gasteiger partial charge in [-0.05, 0) is 31.7 Å². The van der Waals surface area contributed by atoms with Crippen LogP contribution in [0, 0.1) is 5.82 Å². The standard InChI is InChI=1S/C20H23F2N3O4/c1-29-18-15-12(17(26)13(19(27)28)9-25(15)11-2-3-11)8-14(22)16(18)24-6-4-20(23,10-21)5-7-24/h8-9,11H,2-7,10,23H2,1H3,(H,27,28). The van der Waals surface area contributed by atoms with E-state index in [0.29, 0.717) is 31.4 Å². The average molecular weight is 407 g/mol. The summed E-state index contributed by atoms with van der Waals surface area (Å²) in [7, 11) is 1.39. The number of alkyl halides is 1. The van der Waals surface area contributed by atoms with Crippen molar-refractivity contribution in [2.24, 2.45) is 5.73 Å². The number of methoxy groups -OCH3 is 1. The van der Waals surface area contributed by atoms with E-state index in [2.05, 4.69) is 0 Å². The highest BCUT2D eigenvalue weighted by Gasteiger charge is 2.35. The third-order valence-corrected chi connectivity index (χ3v) is 5.91.